The van der Waals surface area contributed by atoms with Crippen molar-refractivity contribution in [2.45, 2.75) is 6.61 Å². The second-order valence-electron chi connectivity index (χ2n) is 3.67. The van der Waals surface area contributed by atoms with Crippen molar-refractivity contribution < 1.29 is 13.9 Å². The largest absolute Gasteiger partial charge is 0.444 e. The highest BCUT2D eigenvalue weighted by Crippen LogP contribution is 2.16. The van der Waals surface area contributed by atoms with Gasteiger partial charge in [0.05, 0.1) is 9.77 Å². The van der Waals surface area contributed by atoms with E-state index in [0.717, 1.165) is 11.8 Å². The van der Waals surface area contributed by atoms with Crippen LogP contribution in [0.4, 0.5) is 15.0 Å². The first kappa shape index (κ1) is 13.7. The summed E-state index contributed by atoms with van der Waals surface area (Å²) in [6.45, 7) is 0.171. The third-order valence-corrected chi connectivity index (χ3v) is 3.06. The maximum Gasteiger partial charge on any atom is 0.413 e. The molecule has 0 bridgehead atoms. The number of nitrogens with zero attached hydrogens (tertiary/aromatic N) is 1. The first-order valence-electron chi connectivity index (χ1n) is 5.44. The van der Waals surface area contributed by atoms with Crippen molar-refractivity contribution in [2.75, 3.05) is 5.32 Å². The van der Waals surface area contributed by atoms with E-state index < -0.39 is 11.9 Å². The Bertz CT molecular complexity index is 578. The van der Waals surface area contributed by atoms with Crippen LogP contribution in [0.1, 0.15) is 5.56 Å². The van der Waals surface area contributed by atoms with E-state index in [9.17, 15) is 9.18 Å². The fourth-order valence-corrected chi connectivity index (χ4v) is 1.93. The van der Waals surface area contributed by atoms with Gasteiger partial charge in [0.2, 0.25) is 0 Å². The molecule has 19 heavy (non-hydrogen) atoms. The molecule has 0 aliphatic heterocycles. The molecule has 2 aromatic rings. The smallest absolute Gasteiger partial charge is 0.413 e. The molecular weight excluding hydrogens is 362 g/mol. The van der Waals surface area contributed by atoms with Crippen molar-refractivity contribution in [3.63, 3.8) is 0 Å². The summed E-state index contributed by atoms with van der Waals surface area (Å²) in [7, 11) is 0. The quantitative estimate of drug-likeness (QED) is 0.839. The van der Waals surface area contributed by atoms with Crippen LogP contribution in [0.3, 0.4) is 0 Å². The molecule has 1 aromatic carbocycles. The summed E-state index contributed by atoms with van der Waals surface area (Å²) in [5.41, 5.74) is 0.888. The van der Waals surface area contributed by atoms with Crippen molar-refractivity contribution in [1.82, 2.24) is 4.98 Å². The van der Waals surface area contributed by atoms with Gasteiger partial charge in [-0.25, -0.2) is 14.2 Å². The topological polar surface area (TPSA) is 51.2 Å². The van der Waals surface area contributed by atoms with E-state index in [-0.39, 0.29) is 12.4 Å². The van der Waals surface area contributed by atoms with Crippen molar-refractivity contribution >= 4 is 34.5 Å². The number of nitrogens with one attached hydrogen (secondary N) is 1. The minimum Gasteiger partial charge on any atom is -0.444 e. The molecule has 1 N–H and O–H groups in total. The van der Waals surface area contributed by atoms with Crippen molar-refractivity contribution in [1.29, 1.82) is 0 Å². The third kappa shape index (κ3) is 4.16. The van der Waals surface area contributed by atoms with Gasteiger partial charge in [-0.1, -0.05) is 30.3 Å². The predicted molar refractivity (Wildman–Crippen MR) is 77.2 cm³/mol. The van der Waals surface area contributed by atoms with E-state index >= 15 is 0 Å². The van der Waals surface area contributed by atoms with E-state index in [1.807, 2.05) is 52.9 Å². The Hall–Kier alpha value is -1.70. The van der Waals surface area contributed by atoms with Gasteiger partial charge >= 0.3 is 6.09 Å². The minimum absolute atomic E-state index is 0.171. The average Bonchev–Trinajstić information content (AvgIpc) is 2.41. The van der Waals surface area contributed by atoms with Crippen LogP contribution in [0.5, 0.6) is 0 Å². The standard InChI is InChI=1S/C13H10FIN2O2/c14-10-6-11(15)12(16-7-10)17-13(18)19-8-9-4-2-1-3-5-9/h1-7H,8H2,(H,16,17,18). The number of benzene rings is 1. The lowest BCUT2D eigenvalue weighted by Gasteiger charge is -2.07. The molecule has 0 atom stereocenters. The number of pyridine rings is 1. The minimum atomic E-state index is -0.624. The molecule has 0 aliphatic rings. The molecule has 0 radical (unpaired) electrons. The molecule has 2 rings (SSSR count). The van der Waals surface area contributed by atoms with Gasteiger partial charge in [-0.2, -0.15) is 0 Å². The molecule has 1 aromatic heterocycles. The summed E-state index contributed by atoms with van der Waals surface area (Å²) in [6.07, 6.45) is 0.412. The molecule has 1 heterocycles. The number of carbonyl (C=O) groups is 1. The zero-order chi connectivity index (χ0) is 13.7. The SMILES string of the molecule is O=C(Nc1ncc(F)cc1I)OCc1ccccc1. The summed E-state index contributed by atoms with van der Waals surface area (Å²) in [6, 6.07) is 10.6. The van der Waals surface area contributed by atoms with Gasteiger partial charge in [0.25, 0.3) is 0 Å². The molecule has 0 saturated carbocycles. The fraction of sp³-hybridized carbons (Fsp3) is 0.0769. The molecule has 0 unspecified atom stereocenters. The number of hydrogen-bond acceptors (Lipinski definition) is 3. The lowest BCUT2D eigenvalue weighted by atomic mass is 10.2. The monoisotopic (exact) mass is 372 g/mol. The number of amides is 1. The maximum atomic E-state index is 12.8. The van der Waals surface area contributed by atoms with Crippen LogP contribution in [0, 0.1) is 9.39 Å². The van der Waals surface area contributed by atoms with Gasteiger partial charge in [-0.15, -0.1) is 0 Å². The Kier molecular flexibility index (Phi) is 4.67. The molecule has 6 heteroatoms. The second kappa shape index (κ2) is 6.46. The summed E-state index contributed by atoms with van der Waals surface area (Å²) >= 11 is 1.89. The fourth-order valence-electron chi connectivity index (χ4n) is 1.36. The van der Waals surface area contributed by atoms with E-state index in [1.54, 1.807) is 0 Å². The molecule has 0 fully saturated rings. The molecule has 1 amide bonds. The first-order chi connectivity index (χ1) is 9.15. The van der Waals surface area contributed by atoms with E-state index in [2.05, 4.69) is 10.3 Å². The predicted octanol–water partition coefficient (Wildman–Crippen LogP) is 3.57. The van der Waals surface area contributed by atoms with Crippen LogP contribution in [-0.4, -0.2) is 11.1 Å². The lowest BCUT2D eigenvalue weighted by molar-refractivity contribution is 0.155. The van der Waals surface area contributed by atoms with Crippen molar-refractivity contribution in [3.05, 3.63) is 57.5 Å². The Balaban J connectivity index is 1.91. The normalized spacial score (nSPS) is 10.0. The number of anilines is 1. The molecular formula is C13H10FIN2O2. The molecule has 4 nitrogen and oxygen atoms in total. The van der Waals surface area contributed by atoms with Gasteiger partial charge in [0, 0.05) is 0 Å². The average molecular weight is 372 g/mol. The highest BCUT2D eigenvalue weighted by molar-refractivity contribution is 14.1. The van der Waals surface area contributed by atoms with Crippen LogP contribution in [0.2, 0.25) is 0 Å². The van der Waals surface area contributed by atoms with Crippen molar-refractivity contribution in [2.24, 2.45) is 0 Å². The summed E-state index contributed by atoms with van der Waals surface area (Å²) in [5.74, 6) is -0.173. The summed E-state index contributed by atoms with van der Waals surface area (Å²) in [4.78, 5) is 15.3. The number of aromatic nitrogens is 1. The zero-order valence-electron chi connectivity index (χ0n) is 9.77. The molecule has 0 saturated heterocycles. The summed E-state index contributed by atoms with van der Waals surface area (Å²) < 4.78 is 18.4. The third-order valence-electron chi connectivity index (χ3n) is 2.24. The Morgan fingerprint density at radius 3 is 2.79 bits per heavy atom. The number of ether oxygens (including phenoxy) is 1. The number of halogens is 2. The van der Waals surface area contributed by atoms with Crippen molar-refractivity contribution in [3.8, 4) is 0 Å². The van der Waals surface area contributed by atoms with Crippen LogP contribution in [-0.2, 0) is 11.3 Å². The van der Waals surface area contributed by atoms with E-state index in [1.165, 1.54) is 6.07 Å². The maximum absolute atomic E-state index is 12.8. The van der Waals surface area contributed by atoms with E-state index in [4.69, 9.17) is 4.74 Å². The highest BCUT2D eigenvalue weighted by atomic mass is 127. The van der Waals surface area contributed by atoms with Crippen LogP contribution < -0.4 is 5.32 Å². The van der Waals surface area contributed by atoms with E-state index in [0.29, 0.717) is 3.57 Å². The summed E-state index contributed by atoms with van der Waals surface area (Å²) in [5, 5.41) is 2.46. The Labute approximate surface area is 123 Å². The Morgan fingerprint density at radius 1 is 1.37 bits per heavy atom. The molecule has 0 spiro atoms. The highest BCUT2D eigenvalue weighted by Gasteiger charge is 2.08. The van der Waals surface area contributed by atoms with Crippen LogP contribution in [0.25, 0.3) is 0 Å². The first-order valence-corrected chi connectivity index (χ1v) is 6.52. The van der Waals surface area contributed by atoms with Gasteiger partial charge in [0.1, 0.15) is 18.2 Å². The number of carbonyl (C=O) groups excluding carboxylic acids is 1. The van der Waals surface area contributed by atoms with Gasteiger partial charge in [0.15, 0.2) is 0 Å². The number of rotatable bonds is 3. The second-order valence-corrected chi connectivity index (χ2v) is 4.83. The van der Waals surface area contributed by atoms with Gasteiger partial charge in [-0.3, -0.25) is 5.32 Å². The molecule has 98 valence electrons. The Morgan fingerprint density at radius 2 is 2.11 bits per heavy atom. The molecule has 0 aliphatic carbocycles. The zero-order valence-corrected chi connectivity index (χ0v) is 11.9. The van der Waals surface area contributed by atoms with Gasteiger partial charge < -0.3 is 4.74 Å². The lowest BCUT2D eigenvalue weighted by Crippen LogP contribution is -2.15. The number of hydrogen-bond donors (Lipinski definition) is 1. The van der Waals surface area contributed by atoms with Crippen LogP contribution >= 0.6 is 22.6 Å². The van der Waals surface area contributed by atoms with Crippen LogP contribution in [0.15, 0.2) is 42.6 Å². The van der Waals surface area contributed by atoms with Gasteiger partial charge in [-0.05, 0) is 34.2 Å².